The summed E-state index contributed by atoms with van der Waals surface area (Å²) >= 11 is 0. The maximum Gasteiger partial charge on any atom is 0.00362 e. The smallest absolute Gasteiger partial charge is 0.00362 e. The van der Waals surface area contributed by atoms with Gasteiger partial charge < -0.3 is 5.73 Å². The predicted octanol–water partition coefficient (Wildman–Crippen LogP) is 2.94. The van der Waals surface area contributed by atoms with Gasteiger partial charge >= 0.3 is 0 Å². The van der Waals surface area contributed by atoms with Crippen LogP contribution in [-0.2, 0) is 0 Å². The summed E-state index contributed by atoms with van der Waals surface area (Å²) in [6, 6.07) is 0.428. The molecule has 68 valence electrons. The van der Waals surface area contributed by atoms with Crippen LogP contribution in [0.25, 0.3) is 0 Å². The molecule has 2 N–H and O–H groups in total. The van der Waals surface area contributed by atoms with Crippen molar-refractivity contribution in [2.24, 2.45) is 11.1 Å². The van der Waals surface area contributed by atoms with Crippen molar-refractivity contribution in [2.75, 3.05) is 0 Å². The fourth-order valence-electron chi connectivity index (χ4n) is 1.10. The van der Waals surface area contributed by atoms with Crippen molar-refractivity contribution in [1.82, 2.24) is 0 Å². The summed E-state index contributed by atoms with van der Waals surface area (Å²) in [5.74, 6) is 0. The summed E-state index contributed by atoms with van der Waals surface area (Å²) in [7, 11) is 0. The van der Waals surface area contributed by atoms with Gasteiger partial charge in [-0.3, -0.25) is 0 Å². The van der Waals surface area contributed by atoms with Crippen molar-refractivity contribution in [2.45, 2.75) is 59.4 Å². The lowest BCUT2D eigenvalue weighted by Gasteiger charge is -2.18. The predicted molar refractivity (Wildman–Crippen MR) is 51.6 cm³/mol. The zero-order valence-electron chi connectivity index (χ0n) is 8.48. The third-order valence-corrected chi connectivity index (χ3v) is 2.03. The van der Waals surface area contributed by atoms with Crippen LogP contribution < -0.4 is 5.73 Å². The van der Waals surface area contributed by atoms with Crippen LogP contribution in [0, 0.1) is 5.41 Å². The molecule has 1 unspecified atom stereocenters. The second-order valence-corrected chi connectivity index (χ2v) is 4.62. The Morgan fingerprint density at radius 3 is 2.18 bits per heavy atom. The average Bonchev–Trinajstić information content (AvgIpc) is 1.85. The molecule has 0 aromatic carbocycles. The highest BCUT2D eigenvalue weighted by Crippen LogP contribution is 2.21. The Kier molecular flexibility index (Phi) is 4.74. The minimum absolute atomic E-state index is 0.428. The van der Waals surface area contributed by atoms with Gasteiger partial charge in [-0.15, -0.1) is 0 Å². The summed E-state index contributed by atoms with van der Waals surface area (Å²) < 4.78 is 0. The van der Waals surface area contributed by atoms with Crippen molar-refractivity contribution in [3.05, 3.63) is 0 Å². The molecule has 0 aromatic rings. The molecular formula is C10H23N. The molecule has 0 heterocycles. The van der Waals surface area contributed by atoms with Gasteiger partial charge in [-0.1, -0.05) is 34.1 Å². The highest BCUT2D eigenvalue weighted by molar-refractivity contribution is 4.64. The first kappa shape index (κ1) is 11.0. The molecule has 1 heteroatoms. The Hall–Kier alpha value is -0.0400. The van der Waals surface area contributed by atoms with Gasteiger partial charge in [0.25, 0.3) is 0 Å². The number of nitrogens with two attached hydrogens (primary N) is 1. The van der Waals surface area contributed by atoms with Crippen molar-refractivity contribution in [1.29, 1.82) is 0 Å². The molecule has 0 spiro atoms. The summed E-state index contributed by atoms with van der Waals surface area (Å²) in [6.45, 7) is 9.00. The first-order chi connectivity index (χ1) is 4.95. The Morgan fingerprint density at radius 1 is 1.27 bits per heavy atom. The highest BCUT2D eigenvalue weighted by atomic mass is 14.6. The van der Waals surface area contributed by atoms with E-state index < -0.39 is 0 Å². The van der Waals surface area contributed by atoms with Crippen LogP contribution in [0.4, 0.5) is 0 Å². The SMILES string of the molecule is CCC(N)CCCC(C)(C)C. The molecule has 0 fully saturated rings. The molecule has 11 heavy (non-hydrogen) atoms. The minimum atomic E-state index is 0.428. The summed E-state index contributed by atoms with van der Waals surface area (Å²) in [6.07, 6.45) is 4.87. The molecule has 0 bridgehead atoms. The molecule has 0 amide bonds. The van der Waals surface area contributed by atoms with E-state index in [1.807, 2.05) is 0 Å². The maximum absolute atomic E-state index is 5.80. The van der Waals surface area contributed by atoms with Gasteiger partial charge in [-0.25, -0.2) is 0 Å². The second kappa shape index (κ2) is 4.76. The molecular weight excluding hydrogens is 134 g/mol. The molecule has 0 radical (unpaired) electrons. The lowest BCUT2D eigenvalue weighted by molar-refractivity contribution is 0.351. The van der Waals surface area contributed by atoms with Crippen LogP contribution >= 0.6 is 0 Å². The molecule has 0 aliphatic heterocycles. The van der Waals surface area contributed by atoms with Gasteiger partial charge in [0.2, 0.25) is 0 Å². The molecule has 0 rings (SSSR count). The van der Waals surface area contributed by atoms with E-state index in [1.165, 1.54) is 19.3 Å². The Balaban J connectivity index is 3.28. The van der Waals surface area contributed by atoms with E-state index in [1.54, 1.807) is 0 Å². The topological polar surface area (TPSA) is 26.0 Å². The van der Waals surface area contributed by atoms with Gasteiger partial charge in [-0.2, -0.15) is 0 Å². The molecule has 0 aliphatic rings. The van der Waals surface area contributed by atoms with Crippen LogP contribution in [-0.4, -0.2) is 6.04 Å². The molecule has 0 aliphatic carbocycles. The van der Waals surface area contributed by atoms with Gasteiger partial charge in [0.15, 0.2) is 0 Å². The monoisotopic (exact) mass is 157 g/mol. The van der Waals surface area contributed by atoms with Crippen molar-refractivity contribution in [3.8, 4) is 0 Å². The normalized spacial score (nSPS) is 15.0. The summed E-state index contributed by atoms with van der Waals surface area (Å²) in [5.41, 5.74) is 6.28. The van der Waals surface area contributed by atoms with E-state index in [9.17, 15) is 0 Å². The van der Waals surface area contributed by atoms with E-state index in [4.69, 9.17) is 5.73 Å². The third-order valence-electron chi connectivity index (χ3n) is 2.03. The van der Waals surface area contributed by atoms with Crippen molar-refractivity contribution < 1.29 is 0 Å². The number of hydrogen-bond acceptors (Lipinski definition) is 1. The quantitative estimate of drug-likeness (QED) is 0.667. The van der Waals surface area contributed by atoms with Crippen LogP contribution in [0.2, 0.25) is 0 Å². The zero-order valence-corrected chi connectivity index (χ0v) is 8.48. The third kappa shape index (κ3) is 7.86. The van der Waals surface area contributed by atoms with E-state index in [0.717, 1.165) is 6.42 Å². The van der Waals surface area contributed by atoms with Crippen LogP contribution in [0.3, 0.4) is 0 Å². The van der Waals surface area contributed by atoms with Crippen LogP contribution in [0.5, 0.6) is 0 Å². The lowest BCUT2D eigenvalue weighted by atomic mass is 9.89. The Labute approximate surface area is 71.4 Å². The van der Waals surface area contributed by atoms with E-state index in [0.29, 0.717) is 11.5 Å². The fourth-order valence-corrected chi connectivity index (χ4v) is 1.10. The molecule has 0 saturated heterocycles. The fraction of sp³-hybridized carbons (Fsp3) is 1.00. The number of hydrogen-bond donors (Lipinski definition) is 1. The van der Waals surface area contributed by atoms with E-state index in [2.05, 4.69) is 27.7 Å². The first-order valence-electron chi connectivity index (χ1n) is 4.71. The second-order valence-electron chi connectivity index (χ2n) is 4.62. The van der Waals surface area contributed by atoms with Crippen molar-refractivity contribution >= 4 is 0 Å². The van der Waals surface area contributed by atoms with Gasteiger partial charge in [0.1, 0.15) is 0 Å². The highest BCUT2D eigenvalue weighted by Gasteiger charge is 2.09. The van der Waals surface area contributed by atoms with Gasteiger partial charge in [-0.05, 0) is 24.7 Å². The maximum atomic E-state index is 5.80. The van der Waals surface area contributed by atoms with Gasteiger partial charge in [0, 0.05) is 6.04 Å². The molecule has 1 nitrogen and oxygen atoms in total. The Morgan fingerprint density at radius 2 is 1.82 bits per heavy atom. The average molecular weight is 157 g/mol. The summed E-state index contributed by atoms with van der Waals surface area (Å²) in [4.78, 5) is 0. The number of rotatable bonds is 4. The Bertz CT molecular complexity index is 91.5. The van der Waals surface area contributed by atoms with E-state index in [-0.39, 0.29) is 0 Å². The minimum Gasteiger partial charge on any atom is -0.328 e. The standard InChI is InChI=1S/C10H23N/c1-5-9(11)7-6-8-10(2,3)4/h9H,5-8,11H2,1-4H3. The molecule has 0 aromatic heterocycles. The largest absolute Gasteiger partial charge is 0.328 e. The lowest BCUT2D eigenvalue weighted by Crippen LogP contribution is -2.19. The first-order valence-corrected chi connectivity index (χ1v) is 4.71. The zero-order chi connectivity index (χ0) is 8.91. The molecule has 0 saturated carbocycles. The van der Waals surface area contributed by atoms with Crippen molar-refractivity contribution in [3.63, 3.8) is 0 Å². The van der Waals surface area contributed by atoms with Gasteiger partial charge in [0.05, 0.1) is 0 Å². The van der Waals surface area contributed by atoms with E-state index >= 15 is 0 Å². The van der Waals surface area contributed by atoms with Crippen LogP contribution in [0.15, 0.2) is 0 Å². The molecule has 1 atom stereocenters. The summed E-state index contributed by atoms with van der Waals surface area (Å²) in [5, 5.41) is 0. The van der Waals surface area contributed by atoms with Crippen LogP contribution in [0.1, 0.15) is 53.4 Å².